The zero-order valence-corrected chi connectivity index (χ0v) is 19.0. The Bertz CT molecular complexity index is 958. The third-order valence-electron chi connectivity index (χ3n) is 7.68. The summed E-state index contributed by atoms with van der Waals surface area (Å²) in [6, 6.07) is 4.40. The molecule has 2 heterocycles. The first-order chi connectivity index (χ1) is 15.5. The molecule has 1 fully saturated rings. The number of likely N-dealkylation sites (N-methyl/N-ethyl adjacent to an activating group) is 1. The summed E-state index contributed by atoms with van der Waals surface area (Å²) in [5, 5.41) is 0. The van der Waals surface area contributed by atoms with Crippen LogP contribution in [-0.2, 0) is 30.9 Å². The molecular formula is C25H31NO6. The minimum Gasteiger partial charge on any atom is -0.482 e. The quantitative estimate of drug-likeness (QED) is 0.279. The van der Waals surface area contributed by atoms with Crippen LogP contribution in [0.5, 0.6) is 11.5 Å². The topological polar surface area (TPSA) is 74.3 Å². The summed E-state index contributed by atoms with van der Waals surface area (Å²) < 4.78 is 23.2. The molecule has 7 nitrogen and oxygen atoms in total. The van der Waals surface area contributed by atoms with Crippen LogP contribution in [0.2, 0.25) is 0 Å². The fourth-order valence-electron chi connectivity index (χ4n) is 6.28. The highest BCUT2D eigenvalue weighted by Crippen LogP contribution is 2.62. The smallest absolute Gasteiger partial charge is 0.308 e. The van der Waals surface area contributed by atoms with Gasteiger partial charge in [-0.1, -0.05) is 18.2 Å². The molecule has 1 aromatic rings. The number of hydrogen-bond acceptors (Lipinski definition) is 7. The molecule has 32 heavy (non-hydrogen) atoms. The number of benzene rings is 1. The van der Waals surface area contributed by atoms with Crippen LogP contribution in [0.25, 0.3) is 0 Å². The average molecular weight is 442 g/mol. The lowest BCUT2D eigenvalue weighted by atomic mass is 9.53. The van der Waals surface area contributed by atoms with E-state index in [4.69, 9.17) is 18.9 Å². The molecule has 1 saturated heterocycles. The van der Waals surface area contributed by atoms with Crippen molar-refractivity contribution in [3.8, 4) is 11.5 Å². The van der Waals surface area contributed by atoms with Gasteiger partial charge in [0.1, 0.15) is 12.2 Å². The Balaban J connectivity index is 1.44. The first-order valence-corrected chi connectivity index (χ1v) is 11.5. The molecule has 2 bridgehead atoms. The molecule has 0 radical (unpaired) electrons. The Hall–Kier alpha value is -2.38. The lowest BCUT2D eigenvalue weighted by Crippen LogP contribution is -2.65. The highest BCUT2D eigenvalue weighted by atomic mass is 16.6. The zero-order chi connectivity index (χ0) is 22.5. The van der Waals surface area contributed by atoms with Gasteiger partial charge < -0.3 is 23.8 Å². The van der Waals surface area contributed by atoms with E-state index < -0.39 is 0 Å². The maximum absolute atomic E-state index is 11.7. The largest absolute Gasteiger partial charge is 0.482 e. The van der Waals surface area contributed by atoms with Crippen molar-refractivity contribution >= 4 is 11.9 Å². The fourth-order valence-corrected chi connectivity index (χ4v) is 6.28. The van der Waals surface area contributed by atoms with Gasteiger partial charge in [0.05, 0.1) is 7.11 Å². The molecule has 2 unspecified atom stereocenters. The van der Waals surface area contributed by atoms with Gasteiger partial charge in [0, 0.05) is 42.9 Å². The van der Waals surface area contributed by atoms with Crippen LogP contribution in [-0.4, -0.2) is 62.4 Å². The molecule has 2 aliphatic heterocycles. The fraction of sp³-hybridized carbons (Fsp3) is 0.600. The molecular weight excluding hydrogens is 410 g/mol. The van der Waals surface area contributed by atoms with Crippen LogP contribution >= 0.6 is 0 Å². The van der Waals surface area contributed by atoms with E-state index in [2.05, 4.69) is 30.2 Å². The highest BCUT2D eigenvalue weighted by molar-refractivity contribution is 5.72. The second kappa shape index (κ2) is 8.19. The van der Waals surface area contributed by atoms with Crippen LogP contribution < -0.4 is 9.47 Å². The third kappa shape index (κ3) is 3.25. The van der Waals surface area contributed by atoms with Crippen molar-refractivity contribution in [2.75, 3.05) is 27.3 Å². The van der Waals surface area contributed by atoms with Gasteiger partial charge in [0.2, 0.25) is 0 Å². The van der Waals surface area contributed by atoms with Crippen LogP contribution in [0.15, 0.2) is 24.3 Å². The van der Waals surface area contributed by atoms with Crippen molar-refractivity contribution < 1.29 is 28.5 Å². The SMILES string of the molecule is COC(=O)CCCCOC1C=C[C@H]2[C@H]3Cc4ccc(OC(C)=O)c5c4[C@@]2(CCN3C)C1O5. The number of esters is 2. The molecule has 172 valence electrons. The molecule has 0 amide bonds. The zero-order valence-electron chi connectivity index (χ0n) is 19.0. The van der Waals surface area contributed by atoms with Gasteiger partial charge in [-0.05, 0) is 50.9 Å². The van der Waals surface area contributed by atoms with Crippen molar-refractivity contribution in [1.29, 1.82) is 0 Å². The van der Waals surface area contributed by atoms with E-state index >= 15 is 0 Å². The Labute approximate surface area is 188 Å². The summed E-state index contributed by atoms with van der Waals surface area (Å²) >= 11 is 0. The molecule has 7 heteroatoms. The van der Waals surface area contributed by atoms with Crippen molar-refractivity contribution in [2.24, 2.45) is 5.92 Å². The Morgan fingerprint density at radius 1 is 1.25 bits per heavy atom. The van der Waals surface area contributed by atoms with E-state index in [9.17, 15) is 9.59 Å². The summed E-state index contributed by atoms with van der Waals surface area (Å²) in [6.07, 6.45) is 8.01. The third-order valence-corrected chi connectivity index (χ3v) is 7.68. The Morgan fingerprint density at radius 3 is 2.88 bits per heavy atom. The van der Waals surface area contributed by atoms with Crippen molar-refractivity contribution in [2.45, 2.75) is 62.7 Å². The molecule has 1 aromatic carbocycles. The number of likely N-dealkylation sites (tertiary alicyclic amines) is 1. The van der Waals surface area contributed by atoms with Crippen LogP contribution in [0.3, 0.4) is 0 Å². The molecule has 4 aliphatic rings. The minimum atomic E-state index is -0.345. The molecule has 2 aliphatic carbocycles. The van der Waals surface area contributed by atoms with Gasteiger partial charge in [-0.2, -0.15) is 0 Å². The number of unbranched alkanes of at least 4 members (excludes halogenated alkanes) is 1. The van der Waals surface area contributed by atoms with Crippen molar-refractivity contribution in [1.82, 2.24) is 4.90 Å². The summed E-state index contributed by atoms with van der Waals surface area (Å²) in [5.41, 5.74) is 2.35. The number of hydrogen-bond donors (Lipinski definition) is 0. The van der Waals surface area contributed by atoms with E-state index in [-0.39, 0.29) is 29.6 Å². The summed E-state index contributed by atoms with van der Waals surface area (Å²) in [6.45, 7) is 2.97. The first kappa shape index (κ1) is 21.5. The Kier molecular flexibility index (Phi) is 5.50. The van der Waals surface area contributed by atoms with Crippen LogP contribution in [0.4, 0.5) is 0 Å². The van der Waals surface area contributed by atoms with E-state index in [1.807, 2.05) is 6.07 Å². The number of nitrogens with zero attached hydrogens (tertiary/aromatic N) is 1. The monoisotopic (exact) mass is 441 g/mol. The summed E-state index contributed by atoms with van der Waals surface area (Å²) in [7, 11) is 3.62. The Morgan fingerprint density at radius 2 is 2.09 bits per heavy atom. The minimum absolute atomic E-state index is 0.153. The first-order valence-electron chi connectivity index (χ1n) is 11.5. The number of ether oxygens (including phenoxy) is 4. The molecule has 0 saturated carbocycles. The number of rotatable bonds is 7. The van der Waals surface area contributed by atoms with Crippen LogP contribution in [0, 0.1) is 5.92 Å². The predicted molar refractivity (Wildman–Crippen MR) is 117 cm³/mol. The van der Waals surface area contributed by atoms with E-state index in [1.165, 1.54) is 25.2 Å². The van der Waals surface area contributed by atoms with Gasteiger partial charge in [-0.3, -0.25) is 9.59 Å². The highest BCUT2D eigenvalue weighted by Gasteiger charge is 2.64. The van der Waals surface area contributed by atoms with Gasteiger partial charge in [-0.15, -0.1) is 0 Å². The van der Waals surface area contributed by atoms with Crippen molar-refractivity contribution in [3.63, 3.8) is 0 Å². The normalized spacial score (nSPS) is 31.6. The molecule has 0 aromatic heterocycles. The molecule has 1 spiro atoms. The lowest BCUT2D eigenvalue weighted by molar-refractivity contribution is -0.140. The summed E-state index contributed by atoms with van der Waals surface area (Å²) in [4.78, 5) is 25.5. The maximum Gasteiger partial charge on any atom is 0.308 e. The number of methoxy groups -OCH3 is 1. The average Bonchev–Trinajstić information content (AvgIpc) is 3.12. The van der Waals surface area contributed by atoms with E-state index in [0.717, 1.165) is 38.0 Å². The lowest BCUT2D eigenvalue weighted by Gasteiger charge is -2.56. The van der Waals surface area contributed by atoms with Gasteiger partial charge in [0.15, 0.2) is 11.5 Å². The van der Waals surface area contributed by atoms with E-state index in [0.29, 0.717) is 30.7 Å². The molecule has 5 rings (SSSR count). The number of piperidine rings is 1. The molecule has 5 atom stereocenters. The van der Waals surface area contributed by atoms with Gasteiger partial charge in [-0.25, -0.2) is 0 Å². The van der Waals surface area contributed by atoms with Gasteiger partial charge >= 0.3 is 11.9 Å². The predicted octanol–water partition coefficient (Wildman–Crippen LogP) is 2.79. The summed E-state index contributed by atoms with van der Waals surface area (Å²) in [5.74, 6) is 1.03. The maximum atomic E-state index is 11.7. The van der Waals surface area contributed by atoms with Gasteiger partial charge in [0.25, 0.3) is 0 Å². The standard InChI is InChI=1S/C25H31NO6/c1-15(27)31-19-9-7-16-14-18-17-8-10-20(30-13-5-4-6-21(28)29-3)24-25(17,11-12-26(18)2)22(16)23(19)32-24/h7-10,17-18,20,24H,4-6,11-14H2,1-3H3/t17-,18+,20?,24?,25-/m0/s1. The van der Waals surface area contributed by atoms with Crippen LogP contribution in [0.1, 0.15) is 43.7 Å². The second-order valence-electron chi connectivity index (χ2n) is 9.38. The second-order valence-corrected chi connectivity index (χ2v) is 9.38. The number of carbonyl (C=O) groups excluding carboxylic acids is 2. The van der Waals surface area contributed by atoms with Crippen molar-refractivity contribution in [3.05, 3.63) is 35.4 Å². The number of carbonyl (C=O) groups is 2. The molecule has 0 N–H and O–H groups in total. The van der Waals surface area contributed by atoms with E-state index in [1.54, 1.807) is 0 Å².